The fourth-order valence-corrected chi connectivity index (χ4v) is 2.24. The third-order valence-electron chi connectivity index (χ3n) is 2.04. The van der Waals surface area contributed by atoms with Gasteiger partial charge in [-0.25, -0.2) is 13.6 Å². The van der Waals surface area contributed by atoms with Gasteiger partial charge in [0, 0.05) is 5.56 Å². The summed E-state index contributed by atoms with van der Waals surface area (Å²) >= 11 is 0. The fourth-order valence-electron chi connectivity index (χ4n) is 1.44. The summed E-state index contributed by atoms with van der Waals surface area (Å²) in [5, 5.41) is 5.05. The molecule has 0 saturated carbocycles. The summed E-state index contributed by atoms with van der Waals surface area (Å²) in [5.41, 5.74) is 1.61. The Balaban J connectivity index is 2.67. The van der Waals surface area contributed by atoms with Crippen molar-refractivity contribution in [3.05, 3.63) is 29.3 Å². The van der Waals surface area contributed by atoms with Crippen LogP contribution < -0.4 is 5.14 Å². The average Bonchev–Trinajstić information content (AvgIpc) is 2.48. The molecular formula is C8H9NO3S. The van der Waals surface area contributed by atoms with Crippen LogP contribution in [0, 0.1) is 0 Å². The molecule has 1 aliphatic heterocycles. The van der Waals surface area contributed by atoms with Crippen molar-refractivity contribution >= 4 is 10.0 Å². The highest BCUT2D eigenvalue weighted by molar-refractivity contribution is 7.89. The minimum Gasteiger partial charge on any atom is -0.372 e. The number of sulfonamides is 1. The quantitative estimate of drug-likeness (QED) is 0.710. The number of rotatable bonds is 1. The van der Waals surface area contributed by atoms with Crippen LogP contribution in [-0.4, -0.2) is 8.42 Å². The van der Waals surface area contributed by atoms with E-state index in [1.807, 2.05) is 6.07 Å². The second kappa shape index (κ2) is 2.80. The van der Waals surface area contributed by atoms with E-state index in [1.54, 1.807) is 6.07 Å². The van der Waals surface area contributed by atoms with E-state index in [0.717, 1.165) is 5.56 Å². The Morgan fingerprint density at radius 1 is 1.31 bits per heavy atom. The van der Waals surface area contributed by atoms with Gasteiger partial charge in [0.15, 0.2) is 0 Å². The zero-order chi connectivity index (χ0) is 9.47. The molecule has 13 heavy (non-hydrogen) atoms. The summed E-state index contributed by atoms with van der Waals surface area (Å²) in [7, 11) is -3.61. The molecule has 0 amide bonds. The lowest BCUT2D eigenvalue weighted by Crippen LogP contribution is -2.14. The molecule has 0 atom stereocenters. The SMILES string of the molecule is NS(=O)(=O)c1cccc2c1COC2. The van der Waals surface area contributed by atoms with Crippen LogP contribution in [0.2, 0.25) is 0 Å². The molecule has 0 spiro atoms. The van der Waals surface area contributed by atoms with E-state index in [-0.39, 0.29) is 4.90 Å². The molecule has 0 saturated heterocycles. The summed E-state index contributed by atoms with van der Waals surface area (Å²) in [4.78, 5) is 0.183. The van der Waals surface area contributed by atoms with Crippen LogP contribution in [0.3, 0.4) is 0 Å². The van der Waals surface area contributed by atoms with E-state index in [1.165, 1.54) is 6.07 Å². The first kappa shape index (κ1) is 8.68. The van der Waals surface area contributed by atoms with Gasteiger partial charge in [0.25, 0.3) is 0 Å². The molecule has 2 rings (SSSR count). The zero-order valence-corrected chi connectivity index (χ0v) is 7.67. The third kappa shape index (κ3) is 1.46. The zero-order valence-electron chi connectivity index (χ0n) is 6.86. The summed E-state index contributed by atoms with van der Waals surface area (Å²) in [6.45, 7) is 0.806. The van der Waals surface area contributed by atoms with Crippen LogP contribution in [0.15, 0.2) is 23.1 Å². The molecule has 0 aliphatic carbocycles. The van der Waals surface area contributed by atoms with Gasteiger partial charge in [-0.2, -0.15) is 0 Å². The summed E-state index contributed by atoms with van der Waals surface area (Å²) in [6, 6.07) is 5.02. The van der Waals surface area contributed by atoms with Gasteiger partial charge >= 0.3 is 0 Å². The Bertz CT molecular complexity index is 439. The first-order valence-electron chi connectivity index (χ1n) is 3.80. The molecule has 1 heterocycles. The van der Waals surface area contributed by atoms with Crippen LogP contribution in [-0.2, 0) is 28.0 Å². The maximum absolute atomic E-state index is 11.1. The Morgan fingerprint density at radius 2 is 2.08 bits per heavy atom. The third-order valence-corrected chi connectivity index (χ3v) is 3.04. The number of nitrogens with two attached hydrogens (primary N) is 1. The van der Waals surface area contributed by atoms with Crippen molar-refractivity contribution in [3.8, 4) is 0 Å². The van der Waals surface area contributed by atoms with E-state index >= 15 is 0 Å². The molecular weight excluding hydrogens is 190 g/mol. The Labute approximate surface area is 76.4 Å². The minimum atomic E-state index is -3.61. The maximum Gasteiger partial charge on any atom is 0.238 e. The van der Waals surface area contributed by atoms with Gasteiger partial charge in [-0.15, -0.1) is 0 Å². The van der Waals surface area contributed by atoms with Gasteiger partial charge in [0.05, 0.1) is 18.1 Å². The summed E-state index contributed by atoms with van der Waals surface area (Å²) in [6.07, 6.45) is 0. The molecule has 1 aliphatic rings. The van der Waals surface area contributed by atoms with Crippen molar-refractivity contribution in [3.63, 3.8) is 0 Å². The lowest BCUT2D eigenvalue weighted by molar-refractivity contribution is 0.133. The molecule has 0 aromatic heterocycles. The highest BCUT2D eigenvalue weighted by Gasteiger charge is 2.20. The number of benzene rings is 1. The molecule has 2 N–H and O–H groups in total. The lowest BCUT2D eigenvalue weighted by atomic mass is 10.1. The molecule has 1 aromatic carbocycles. The normalized spacial score (nSPS) is 15.8. The molecule has 0 unspecified atom stereocenters. The number of hydrogen-bond acceptors (Lipinski definition) is 3. The second-order valence-electron chi connectivity index (χ2n) is 2.93. The number of fused-ring (bicyclic) bond motifs is 1. The molecule has 0 radical (unpaired) electrons. The van der Waals surface area contributed by atoms with Gasteiger partial charge in [-0.1, -0.05) is 12.1 Å². The van der Waals surface area contributed by atoms with Gasteiger partial charge in [-0.3, -0.25) is 0 Å². The predicted octanol–water partition coefficient (Wildman–Crippen LogP) is 0.364. The van der Waals surface area contributed by atoms with Crippen LogP contribution in [0.5, 0.6) is 0 Å². The first-order chi connectivity index (χ1) is 6.09. The van der Waals surface area contributed by atoms with Gasteiger partial charge in [-0.05, 0) is 11.6 Å². The molecule has 4 nitrogen and oxygen atoms in total. The number of hydrogen-bond donors (Lipinski definition) is 1. The van der Waals surface area contributed by atoms with E-state index in [4.69, 9.17) is 9.88 Å². The Kier molecular flexibility index (Phi) is 1.87. The fraction of sp³-hybridized carbons (Fsp3) is 0.250. The monoisotopic (exact) mass is 199 g/mol. The minimum absolute atomic E-state index is 0.183. The molecule has 5 heteroatoms. The molecule has 1 aromatic rings. The van der Waals surface area contributed by atoms with Crippen molar-refractivity contribution < 1.29 is 13.2 Å². The molecule has 0 fully saturated rings. The number of ether oxygens (including phenoxy) is 1. The largest absolute Gasteiger partial charge is 0.372 e. The average molecular weight is 199 g/mol. The van der Waals surface area contributed by atoms with E-state index in [9.17, 15) is 8.42 Å². The highest BCUT2D eigenvalue weighted by Crippen LogP contribution is 2.25. The number of primary sulfonamides is 1. The maximum atomic E-state index is 11.1. The van der Waals surface area contributed by atoms with E-state index < -0.39 is 10.0 Å². The topological polar surface area (TPSA) is 69.4 Å². The van der Waals surface area contributed by atoms with Crippen LogP contribution in [0.25, 0.3) is 0 Å². The van der Waals surface area contributed by atoms with Crippen LogP contribution in [0.1, 0.15) is 11.1 Å². The lowest BCUT2D eigenvalue weighted by Gasteiger charge is -2.03. The van der Waals surface area contributed by atoms with Crippen molar-refractivity contribution in [1.29, 1.82) is 0 Å². The standard InChI is InChI=1S/C8H9NO3S/c9-13(10,11)8-3-1-2-6-4-12-5-7(6)8/h1-3H,4-5H2,(H2,9,10,11). The Morgan fingerprint density at radius 3 is 2.77 bits per heavy atom. The van der Waals surface area contributed by atoms with Crippen molar-refractivity contribution in [2.45, 2.75) is 18.1 Å². The molecule has 70 valence electrons. The second-order valence-corrected chi connectivity index (χ2v) is 4.46. The smallest absolute Gasteiger partial charge is 0.238 e. The summed E-state index contributed by atoms with van der Waals surface area (Å²) in [5.74, 6) is 0. The van der Waals surface area contributed by atoms with E-state index in [0.29, 0.717) is 18.8 Å². The summed E-state index contributed by atoms with van der Waals surface area (Å²) < 4.78 is 27.4. The Hall–Kier alpha value is -0.910. The van der Waals surface area contributed by atoms with Gasteiger partial charge in [0.2, 0.25) is 10.0 Å². The van der Waals surface area contributed by atoms with Gasteiger partial charge < -0.3 is 4.74 Å². The van der Waals surface area contributed by atoms with Crippen molar-refractivity contribution in [2.24, 2.45) is 5.14 Å². The van der Waals surface area contributed by atoms with E-state index in [2.05, 4.69) is 0 Å². The highest BCUT2D eigenvalue weighted by atomic mass is 32.2. The van der Waals surface area contributed by atoms with Gasteiger partial charge in [0.1, 0.15) is 0 Å². The van der Waals surface area contributed by atoms with Crippen molar-refractivity contribution in [2.75, 3.05) is 0 Å². The van der Waals surface area contributed by atoms with Crippen molar-refractivity contribution in [1.82, 2.24) is 0 Å². The van der Waals surface area contributed by atoms with Crippen LogP contribution in [0.4, 0.5) is 0 Å². The molecule has 0 bridgehead atoms. The first-order valence-corrected chi connectivity index (χ1v) is 5.35. The predicted molar refractivity (Wildman–Crippen MR) is 46.3 cm³/mol. The van der Waals surface area contributed by atoms with Crippen LogP contribution >= 0.6 is 0 Å².